The largest absolute Gasteiger partial charge is 0.489 e. The third kappa shape index (κ3) is 8.03. The summed E-state index contributed by atoms with van der Waals surface area (Å²) >= 11 is 0. The van der Waals surface area contributed by atoms with Crippen molar-refractivity contribution in [3.8, 4) is 23.0 Å². The van der Waals surface area contributed by atoms with Crippen molar-refractivity contribution in [1.29, 1.82) is 0 Å². The number of hydrogen-bond donors (Lipinski definition) is 2. The highest BCUT2D eigenvalue weighted by Gasteiger charge is 2.41. The molecule has 0 spiro atoms. The van der Waals surface area contributed by atoms with Gasteiger partial charge in [0.15, 0.2) is 23.0 Å². The molecule has 316 valence electrons. The van der Waals surface area contributed by atoms with E-state index in [9.17, 15) is 19.2 Å². The number of anilines is 2. The minimum atomic E-state index is -0.658. The van der Waals surface area contributed by atoms with Gasteiger partial charge in [0.05, 0.1) is 35.7 Å². The normalized spacial score (nSPS) is 17.3. The fraction of sp³-hybridized carbons (Fsp3) is 0.216. The first kappa shape index (κ1) is 39.5. The first-order valence-corrected chi connectivity index (χ1v) is 21.2. The number of amides is 4. The monoisotopic (exact) mass is 840 g/mol. The Morgan fingerprint density at radius 2 is 0.841 bits per heavy atom. The third-order valence-corrected chi connectivity index (χ3v) is 12.0. The summed E-state index contributed by atoms with van der Waals surface area (Å²) in [6.45, 7) is 1.48. The van der Waals surface area contributed by atoms with Gasteiger partial charge in [-0.05, 0) is 45.5 Å². The van der Waals surface area contributed by atoms with E-state index in [4.69, 9.17) is 18.9 Å². The van der Waals surface area contributed by atoms with E-state index in [0.717, 1.165) is 33.4 Å². The van der Waals surface area contributed by atoms with Crippen LogP contribution in [-0.4, -0.2) is 58.7 Å². The van der Waals surface area contributed by atoms with Crippen molar-refractivity contribution in [2.75, 3.05) is 23.8 Å². The molecule has 12 nitrogen and oxygen atoms in total. The Labute approximate surface area is 364 Å². The average Bonchev–Trinajstić information content (AvgIpc) is 3.48. The van der Waals surface area contributed by atoms with E-state index < -0.39 is 12.1 Å². The first-order chi connectivity index (χ1) is 30.9. The standard InChI is InChI=1S/C51H44N4O8/c56-48-42-22-34-16-7-9-18-36(34)28-54(42)50(58)38-24-44(62-30-32-12-3-1-4-13-32)46(26-40(38)52-48)60-20-11-21-61-47-27-41-39(25-45(47)63-31-33-14-5-2-6-15-33)51(59)55-29-37-19-10-8-17-35(37)23-43(55)49(57)53-41/h1-10,12-19,24-27,42-43H,11,20-23,28-31H2,(H,52,56)(H,53,57)/t42-,43?/m0/s1. The Bertz CT molecular complexity index is 2560. The van der Waals surface area contributed by atoms with E-state index in [2.05, 4.69) is 10.6 Å². The topological polar surface area (TPSA) is 136 Å². The number of hydrogen-bond acceptors (Lipinski definition) is 8. The van der Waals surface area contributed by atoms with Gasteiger partial charge in [0, 0.05) is 44.5 Å². The predicted octanol–water partition coefficient (Wildman–Crippen LogP) is 7.73. The molecule has 10 rings (SSSR count). The van der Waals surface area contributed by atoms with Gasteiger partial charge >= 0.3 is 0 Å². The van der Waals surface area contributed by atoms with Crippen LogP contribution in [0.3, 0.4) is 0 Å². The Kier molecular flexibility index (Phi) is 10.7. The quantitative estimate of drug-likeness (QED) is 0.120. The zero-order valence-electron chi connectivity index (χ0n) is 34.4. The first-order valence-electron chi connectivity index (χ1n) is 21.2. The van der Waals surface area contributed by atoms with Crippen LogP contribution in [0, 0.1) is 0 Å². The van der Waals surface area contributed by atoms with Crippen molar-refractivity contribution in [2.45, 2.75) is 57.6 Å². The molecular formula is C51H44N4O8. The van der Waals surface area contributed by atoms with E-state index in [-0.39, 0.29) is 50.1 Å². The summed E-state index contributed by atoms with van der Waals surface area (Å²) < 4.78 is 25.3. The summed E-state index contributed by atoms with van der Waals surface area (Å²) in [5, 5.41) is 6.00. The number of fused-ring (bicyclic) bond motifs is 6. The maximum Gasteiger partial charge on any atom is 0.257 e. The van der Waals surface area contributed by atoms with Gasteiger partial charge in [-0.2, -0.15) is 0 Å². The van der Waals surface area contributed by atoms with Crippen molar-refractivity contribution in [2.24, 2.45) is 0 Å². The summed E-state index contributed by atoms with van der Waals surface area (Å²) in [6, 6.07) is 40.5. The lowest BCUT2D eigenvalue weighted by molar-refractivity contribution is -0.121. The lowest BCUT2D eigenvalue weighted by Crippen LogP contribution is -2.48. The highest BCUT2D eigenvalue weighted by Crippen LogP contribution is 2.40. The number of benzene rings is 6. The average molecular weight is 841 g/mol. The van der Waals surface area contributed by atoms with E-state index >= 15 is 0 Å². The molecule has 12 heteroatoms. The summed E-state index contributed by atoms with van der Waals surface area (Å²) in [6.07, 6.45) is 1.24. The summed E-state index contributed by atoms with van der Waals surface area (Å²) in [7, 11) is 0. The fourth-order valence-electron chi connectivity index (χ4n) is 8.71. The van der Waals surface area contributed by atoms with Crippen LogP contribution in [0.1, 0.15) is 60.5 Å². The Balaban J connectivity index is 0.880. The van der Waals surface area contributed by atoms with Gasteiger partial charge in [-0.3, -0.25) is 19.2 Å². The highest BCUT2D eigenvalue weighted by molar-refractivity contribution is 6.11. The molecule has 0 aliphatic carbocycles. The fourth-order valence-corrected chi connectivity index (χ4v) is 8.71. The van der Waals surface area contributed by atoms with Crippen molar-refractivity contribution in [3.63, 3.8) is 0 Å². The molecule has 0 bridgehead atoms. The predicted molar refractivity (Wildman–Crippen MR) is 235 cm³/mol. The molecule has 4 heterocycles. The molecule has 6 aromatic carbocycles. The molecule has 4 aliphatic heterocycles. The summed E-state index contributed by atoms with van der Waals surface area (Å²) in [4.78, 5) is 59.0. The zero-order valence-corrected chi connectivity index (χ0v) is 34.4. The summed E-state index contributed by atoms with van der Waals surface area (Å²) in [5.74, 6) is 0.376. The molecule has 63 heavy (non-hydrogen) atoms. The number of rotatable bonds is 12. The van der Waals surface area contributed by atoms with Crippen LogP contribution in [-0.2, 0) is 48.7 Å². The molecule has 0 fully saturated rings. The Hall–Kier alpha value is -7.60. The molecule has 2 N–H and O–H groups in total. The molecule has 0 saturated heterocycles. The molecule has 0 saturated carbocycles. The minimum absolute atomic E-state index is 0.185. The number of nitrogens with zero attached hydrogens (tertiary/aromatic N) is 2. The lowest BCUT2D eigenvalue weighted by atomic mass is 9.93. The maximum absolute atomic E-state index is 14.2. The van der Waals surface area contributed by atoms with Crippen LogP contribution in [0.15, 0.2) is 133 Å². The zero-order chi connectivity index (χ0) is 42.9. The van der Waals surface area contributed by atoms with Gasteiger partial charge in [0.25, 0.3) is 11.8 Å². The number of carbonyl (C=O) groups excluding carboxylic acids is 4. The lowest BCUT2D eigenvalue weighted by Gasteiger charge is -2.34. The minimum Gasteiger partial charge on any atom is -0.489 e. The second-order valence-corrected chi connectivity index (χ2v) is 16.1. The number of carbonyl (C=O) groups is 4. The van der Waals surface area contributed by atoms with Crippen LogP contribution in [0.25, 0.3) is 0 Å². The SMILES string of the molecule is O=C1Nc2cc(OCCCOc3cc4c(cc3OCc3ccccc3)C(=O)N3Cc5ccccc5C[C@H]3C(=O)N4)c(OCc3ccccc3)cc2C(=O)N2Cc3ccccc3CC12. The maximum atomic E-state index is 14.2. The molecule has 4 amide bonds. The molecule has 6 aromatic rings. The van der Waals surface area contributed by atoms with Crippen LogP contribution in [0.2, 0.25) is 0 Å². The van der Waals surface area contributed by atoms with E-state index in [1.165, 1.54) is 0 Å². The Morgan fingerprint density at radius 1 is 0.460 bits per heavy atom. The molecule has 1 unspecified atom stereocenters. The second-order valence-electron chi connectivity index (χ2n) is 16.1. The van der Waals surface area contributed by atoms with Crippen LogP contribution in [0.5, 0.6) is 23.0 Å². The van der Waals surface area contributed by atoms with Crippen LogP contribution >= 0.6 is 0 Å². The molecule has 2 atom stereocenters. The van der Waals surface area contributed by atoms with Crippen molar-refractivity contribution < 1.29 is 38.1 Å². The van der Waals surface area contributed by atoms with E-state index in [1.54, 1.807) is 34.1 Å². The third-order valence-electron chi connectivity index (χ3n) is 12.0. The molecule has 4 aliphatic rings. The van der Waals surface area contributed by atoms with Crippen molar-refractivity contribution in [1.82, 2.24) is 9.80 Å². The molecular weight excluding hydrogens is 797 g/mol. The number of nitrogens with one attached hydrogen (secondary N) is 2. The van der Waals surface area contributed by atoms with Gasteiger partial charge in [0.1, 0.15) is 25.3 Å². The van der Waals surface area contributed by atoms with Crippen molar-refractivity contribution >= 4 is 35.0 Å². The van der Waals surface area contributed by atoms with Gasteiger partial charge < -0.3 is 39.4 Å². The molecule has 0 radical (unpaired) electrons. The van der Waals surface area contributed by atoms with E-state index in [0.29, 0.717) is 77.9 Å². The van der Waals surface area contributed by atoms with Crippen LogP contribution in [0.4, 0.5) is 11.4 Å². The van der Waals surface area contributed by atoms with Crippen LogP contribution < -0.4 is 29.6 Å². The van der Waals surface area contributed by atoms with Gasteiger partial charge in [0.2, 0.25) is 11.8 Å². The number of ether oxygens (including phenoxy) is 4. The van der Waals surface area contributed by atoms with Gasteiger partial charge in [-0.25, -0.2) is 0 Å². The Morgan fingerprint density at radius 3 is 1.27 bits per heavy atom. The van der Waals surface area contributed by atoms with E-state index in [1.807, 2.05) is 109 Å². The van der Waals surface area contributed by atoms with Gasteiger partial charge in [-0.1, -0.05) is 109 Å². The second kappa shape index (κ2) is 17.0. The summed E-state index contributed by atoms with van der Waals surface area (Å²) in [5.41, 5.74) is 7.34. The molecule has 0 aromatic heterocycles. The van der Waals surface area contributed by atoms with Crippen molar-refractivity contribution in [3.05, 3.63) is 178 Å². The van der Waals surface area contributed by atoms with Gasteiger partial charge in [-0.15, -0.1) is 0 Å². The highest BCUT2D eigenvalue weighted by atomic mass is 16.5. The smallest absolute Gasteiger partial charge is 0.257 e.